The Morgan fingerprint density at radius 3 is 2.82 bits per heavy atom. The van der Waals surface area contributed by atoms with Crippen molar-refractivity contribution in [2.24, 2.45) is 0 Å². The van der Waals surface area contributed by atoms with Crippen LogP contribution in [0.5, 0.6) is 0 Å². The predicted molar refractivity (Wildman–Crippen MR) is 78.4 cm³/mol. The molecule has 92 valence electrons. The van der Waals surface area contributed by atoms with Crippen LogP contribution in [0.15, 0.2) is 18.2 Å². The summed E-state index contributed by atoms with van der Waals surface area (Å²) in [4.78, 5) is 11.8. The zero-order valence-electron chi connectivity index (χ0n) is 9.47. The second-order valence-electron chi connectivity index (χ2n) is 4.27. The average Bonchev–Trinajstić information content (AvgIpc) is 3.06. The maximum atomic E-state index is 11.8. The first-order valence-electron chi connectivity index (χ1n) is 5.58. The maximum absolute atomic E-state index is 11.8. The van der Waals surface area contributed by atoms with Gasteiger partial charge in [0.05, 0.1) is 10.7 Å². The smallest absolute Gasteiger partial charge is 0.242 e. The molecule has 1 aliphatic carbocycles. The summed E-state index contributed by atoms with van der Waals surface area (Å²) in [6.45, 7) is 1.84. The quantitative estimate of drug-likeness (QED) is 0.807. The molecule has 1 aromatic rings. The highest BCUT2D eigenvalue weighted by atomic mass is 127. The zero-order valence-corrected chi connectivity index (χ0v) is 12.4. The number of rotatable bonds is 4. The first kappa shape index (κ1) is 13.0. The Bertz CT molecular complexity index is 435. The number of carbonyl (C=O) groups is 1. The highest BCUT2D eigenvalue weighted by Gasteiger charge is 2.25. The van der Waals surface area contributed by atoms with Gasteiger partial charge in [-0.05, 0) is 60.6 Å². The first-order chi connectivity index (χ1) is 8.06. The molecule has 1 fully saturated rings. The summed E-state index contributed by atoms with van der Waals surface area (Å²) < 4.78 is 1.08. The van der Waals surface area contributed by atoms with E-state index in [2.05, 4.69) is 33.2 Å². The van der Waals surface area contributed by atoms with Crippen molar-refractivity contribution < 1.29 is 4.79 Å². The van der Waals surface area contributed by atoms with Gasteiger partial charge in [-0.2, -0.15) is 0 Å². The molecule has 0 heterocycles. The van der Waals surface area contributed by atoms with Crippen LogP contribution in [-0.2, 0) is 4.79 Å². The standard InChI is InChI=1S/C12H14ClIN2O/c1-7(12(17)16-9-3-4-9)15-11-5-2-8(14)6-10(11)13/h2,5-7,9,15H,3-4H2,1H3,(H,16,17). The van der Waals surface area contributed by atoms with Crippen LogP contribution in [0.2, 0.25) is 5.02 Å². The molecule has 2 rings (SSSR count). The Kier molecular flexibility index (Phi) is 4.14. The number of anilines is 1. The summed E-state index contributed by atoms with van der Waals surface area (Å²) in [5, 5.41) is 6.72. The van der Waals surface area contributed by atoms with E-state index in [1.807, 2.05) is 25.1 Å². The van der Waals surface area contributed by atoms with E-state index in [-0.39, 0.29) is 11.9 Å². The van der Waals surface area contributed by atoms with Crippen LogP contribution in [-0.4, -0.2) is 18.0 Å². The molecular weight excluding hydrogens is 351 g/mol. The molecule has 2 N–H and O–H groups in total. The Hall–Kier alpha value is -0.490. The minimum atomic E-state index is -0.270. The summed E-state index contributed by atoms with van der Waals surface area (Å²) in [7, 11) is 0. The molecule has 17 heavy (non-hydrogen) atoms. The third-order valence-electron chi connectivity index (χ3n) is 2.62. The molecule has 0 saturated heterocycles. The molecule has 1 unspecified atom stereocenters. The van der Waals surface area contributed by atoms with E-state index in [0.717, 1.165) is 22.1 Å². The van der Waals surface area contributed by atoms with Gasteiger partial charge in [0.15, 0.2) is 0 Å². The first-order valence-corrected chi connectivity index (χ1v) is 7.04. The molecule has 0 radical (unpaired) electrons. The van der Waals surface area contributed by atoms with Crippen molar-refractivity contribution in [3.8, 4) is 0 Å². The molecule has 0 aromatic heterocycles. The maximum Gasteiger partial charge on any atom is 0.242 e. The summed E-state index contributed by atoms with van der Waals surface area (Å²) >= 11 is 8.30. The van der Waals surface area contributed by atoms with Crippen LogP contribution in [0.25, 0.3) is 0 Å². The van der Waals surface area contributed by atoms with E-state index in [1.165, 1.54) is 0 Å². The van der Waals surface area contributed by atoms with Crippen LogP contribution < -0.4 is 10.6 Å². The number of nitrogens with one attached hydrogen (secondary N) is 2. The van der Waals surface area contributed by atoms with Gasteiger partial charge in [-0.3, -0.25) is 4.79 Å². The van der Waals surface area contributed by atoms with Crippen LogP contribution in [0, 0.1) is 3.57 Å². The normalized spacial score (nSPS) is 16.4. The fourth-order valence-corrected chi connectivity index (χ4v) is 2.37. The molecule has 0 aliphatic heterocycles. The third-order valence-corrected chi connectivity index (χ3v) is 3.60. The lowest BCUT2D eigenvalue weighted by atomic mass is 10.2. The second kappa shape index (κ2) is 5.44. The lowest BCUT2D eigenvalue weighted by Gasteiger charge is -2.16. The number of amides is 1. The van der Waals surface area contributed by atoms with Gasteiger partial charge in [-0.25, -0.2) is 0 Å². The molecule has 1 aromatic carbocycles. The van der Waals surface area contributed by atoms with Gasteiger partial charge >= 0.3 is 0 Å². The average molecular weight is 365 g/mol. The van der Waals surface area contributed by atoms with E-state index in [0.29, 0.717) is 11.1 Å². The van der Waals surface area contributed by atoms with Crippen LogP contribution in [0.1, 0.15) is 19.8 Å². The number of halogens is 2. The highest BCUT2D eigenvalue weighted by Crippen LogP contribution is 2.24. The monoisotopic (exact) mass is 364 g/mol. The van der Waals surface area contributed by atoms with E-state index < -0.39 is 0 Å². The molecule has 1 saturated carbocycles. The van der Waals surface area contributed by atoms with E-state index in [1.54, 1.807) is 0 Å². The molecule has 0 spiro atoms. The van der Waals surface area contributed by atoms with Crippen molar-refractivity contribution in [3.63, 3.8) is 0 Å². The lowest BCUT2D eigenvalue weighted by Crippen LogP contribution is -2.38. The van der Waals surface area contributed by atoms with Crippen LogP contribution >= 0.6 is 34.2 Å². The molecule has 5 heteroatoms. The van der Waals surface area contributed by atoms with E-state index in [9.17, 15) is 4.79 Å². The van der Waals surface area contributed by atoms with Gasteiger partial charge in [0.1, 0.15) is 6.04 Å². The van der Waals surface area contributed by atoms with Crippen LogP contribution in [0.3, 0.4) is 0 Å². The molecule has 1 aliphatic rings. The predicted octanol–water partition coefficient (Wildman–Crippen LogP) is 3.02. The van der Waals surface area contributed by atoms with Crippen molar-refractivity contribution in [1.82, 2.24) is 5.32 Å². The van der Waals surface area contributed by atoms with Gasteiger partial charge in [0.2, 0.25) is 5.91 Å². The highest BCUT2D eigenvalue weighted by molar-refractivity contribution is 14.1. The van der Waals surface area contributed by atoms with Gasteiger partial charge < -0.3 is 10.6 Å². The van der Waals surface area contributed by atoms with Gasteiger partial charge in [0.25, 0.3) is 0 Å². The number of benzene rings is 1. The summed E-state index contributed by atoms with van der Waals surface area (Å²) in [5.41, 5.74) is 0.797. The van der Waals surface area contributed by atoms with Crippen molar-refractivity contribution in [1.29, 1.82) is 0 Å². The number of hydrogen-bond acceptors (Lipinski definition) is 2. The summed E-state index contributed by atoms with van der Waals surface area (Å²) in [6, 6.07) is 5.84. The molecule has 1 atom stereocenters. The minimum absolute atomic E-state index is 0.0297. The number of hydrogen-bond donors (Lipinski definition) is 2. The third kappa shape index (κ3) is 3.74. The SMILES string of the molecule is CC(Nc1ccc(I)cc1Cl)C(=O)NC1CC1. The van der Waals surface area contributed by atoms with Gasteiger partial charge in [-0.1, -0.05) is 11.6 Å². The fraction of sp³-hybridized carbons (Fsp3) is 0.417. The van der Waals surface area contributed by atoms with E-state index >= 15 is 0 Å². The van der Waals surface area contributed by atoms with Gasteiger partial charge in [-0.15, -0.1) is 0 Å². The fourth-order valence-electron chi connectivity index (χ4n) is 1.46. The largest absolute Gasteiger partial charge is 0.373 e. The summed E-state index contributed by atoms with van der Waals surface area (Å²) in [6.07, 6.45) is 2.20. The molecule has 1 amide bonds. The zero-order chi connectivity index (χ0) is 12.4. The lowest BCUT2D eigenvalue weighted by molar-refractivity contribution is -0.121. The minimum Gasteiger partial charge on any atom is -0.373 e. The molecule has 0 bridgehead atoms. The van der Waals surface area contributed by atoms with Crippen molar-refractivity contribution >= 4 is 45.8 Å². The Balaban J connectivity index is 1.96. The number of carbonyl (C=O) groups excluding carboxylic acids is 1. The Morgan fingerprint density at radius 2 is 2.24 bits per heavy atom. The van der Waals surface area contributed by atoms with E-state index in [4.69, 9.17) is 11.6 Å². The molecular formula is C12H14ClIN2O. The van der Waals surface area contributed by atoms with Crippen molar-refractivity contribution in [3.05, 3.63) is 26.8 Å². The van der Waals surface area contributed by atoms with Crippen molar-refractivity contribution in [2.75, 3.05) is 5.32 Å². The van der Waals surface area contributed by atoms with Crippen LogP contribution in [0.4, 0.5) is 5.69 Å². The Morgan fingerprint density at radius 1 is 1.53 bits per heavy atom. The summed E-state index contributed by atoms with van der Waals surface area (Å²) in [5.74, 6) is 0.0297. The van der Waals surface area contributed by atoms with Gasteiger partial charge in [0, 0.05) is 9.61 Å². The second-order valence-corrected chi connectivity index (χ2v) is 5.93. The van der Waals surface area contributed by atoms with Crippen molar-refractivity contribution in [2.45, 2.75) is 31.8 Å². The topological polar surface area (TPSA) is 41.1 Å². The Labute approximate surface area is 119 Å². The molecule has 3 nitrogen and oxygen atoms in total.